The van der Waals surface area contributed by atoms with E-state index in [9.17, 15) is 9.59 Å². The van der Waals surface area contributed by atoms with Crippen LogP contribution in [0.3, 0.4) is 0 Å². The van der Waals surface area contributed by atoms with E-state index < -0.39 is 5.69 Å². The molecule has 0 fully saturated rings. The highest BCUT2D eigenvalue weighted by atomic mass is 35.5. The minimum absolute atomic E-state index is 0.143. The maximum Gasteiger partial charge on any atom is 0.329 e. The zero-order valence-electron chi connectivity index (χ0n) is 11.7. The highest BCUT2D eigenvalue weighted by Crippen LogP contribution is 2.05. The quantitative estimate of drug-likeness (QED) is 0.615. The van der Waals surface area contributed by atoms with Gasteiger partial charge in [-0.3, -0.25) is 14.3 Å². The average Bonchev–Trinajstić information content (AvgIpc) is 2.32. The van der Waals surface area contributed by atoms with E-state index in [1.165, 1.54) is 4.57 Å². The number of nitrogens with zero attached hydrogens (tertiary/aromatic N) is 1. The van der Waals surface area contributed by atoms with Gasteiger partial charge in [-0.05, 0) is 18.8 Å². The van der Waals surface area contributed by atoms with Gasteiger partial charge in [-0.15, -0.1) is 0 Å². The van der Waals surface area contributed by atoms with E-state index in [1.807, 2.05) is 6.92 Å². The highest BCUT2D eigenvalue weighted by molar-refractivity contribution is 6.30. The molecule has 0 unspecified atom stereocenters. The van der Waals surface area contributed by atoms with Gasteiger partial charge in [0.05, 0.1) is 5.56 Å². The van der Waals surface area contributed by atoms with E-state index in [-0.39, 0.29) is 10.7 Å². The molecule has 1 heterocycles. The van der Waals surface area contributed by atoms with Crippen LogP contribution < -0.4 is 11.2 Å². The molecular weight excluding hydrogens is 268 g/mol. The Morgan fingerprint density at radius 2 is 2.05 bits per heavy atom. The molecule has 0 aliphatic heterocycles. The van der Waals surface area contributed by atoms with Gasteiger partial charge in [0.2, 0.25) is 0 Å². The fraction of sp³-hybridized carbons (Fsp3) is 0.692. The highest BCUT2D eigenvalue weighted by Gasteiger charge is 2.10. The zero-order chi connectivity index (χ0) is 14.4. The van der Waals surface area contributed by atoms with Gasteiger partial charge in [-0.2, -0.15) is 0 Å². The Morgan fingerprint density at radius 3 is 2.63 bits per heavy atom. The van der Waals surface area contributed by atoms with Crippen LogP contribution in [0.25, 0.3) is 0 Å². The number of H-pyrrole nitrogens is 1. The predicted molar refractivity (Wildman–Crippen MR) is 76.0 cm³/mol. The number of halogens is 1. The van der Waals surface area contributed by atoms with Crippen molar-refractivity contribution in [1.82, 2.24) is 9.55 Å². The number of aromatic nitrogens is 2. The number of hydrogen-bond acceptors (Lipinski definition) is 3. The molecule has 5 nitrogen and oxygen atoms in total. The third-order valence-corrected chi connectivity index (χ3v) is 3.03. The Hall–Kier alpha value is -1.07. The van der Waals surface area contributed by atoms with Crippen molar-refractivity contribution in [2.75, 3.05) is 13.2 Å². The van der Waals surface area contributed by atoms with Gasteiger partial charge in [0.1, 0.15) is 5.15 Å². The molecule has 0 bridgehead atoms. The van der Waals surface area contributed by atoms with Crippen molar-refractivity contribution in [3.8, 4) is 0 Å². The van der Waals surface area contributed by atoms with Crippen molar-refractivity contribution < 1.29 is 4.74 Å². The second kappa shape index (κ2) is 7.50. The van der Waals surface area contributed by atoms with Crippen LogP contribution in [0.1, 0.15) is 32.8 Å². The molecule has 0 saturated carbocycles. The van der Waals surface area contributed by atoms with Crippen molar-refractivity contribution in [3.63, 3.8) is 0 Å². The Bertz CT molecular complexity index is 520. The van der Waals surface area contributed by atoms with Crippen molar-refractivity contribution in [1.29, 1.82) is 0 Å². The monoisotopic (exact) mass is 288 g/mol. The third kappa shape index (κ3) is 4.51. The summed E-state index contributed by atoms with van der Waals surface area (Å²) in [5.74, 6) is 0.480. The lowest BCUT2D eigenvalue weighted by Crippen LogP contribution is -2.37. The van der Waals surface area contributed by atoms with E-state index in [0.717, 1.165) is 0 Å². The number of rotatable bonds is 7. The van der Waals surface area contributed by atoms with E-state index in [2.05, 4.69) is 18.8 Å². The first-order valence-corrected chi connectivity index (χ1v) is 6.94. The molecular formula is C13H21ClN2O3. The van der Waals surface area contributed by atoms with Gasteiger partial charge in [0, 0.05) is 19.8 Å². The summed E-state index contributed by atoms with van der Waals surface area (Å²) in [6.45, 7) is 7.54. The molecule has 0 aliphatic rings. The Kier molecular flexibility index (Phi) is 6.31. The van der Waals surface area contributed by atoms with Crippen LogP contribution in [0.2, 0.25) is 5.15 Å². The summed E-state index contributed by atoms with van der Waals surface area (Å²) in [6.07, 6.45) is 1.12. The normalized spacial score (nSPS) is 11.2. The molecule has 1 aromatic heterocycles. The van der Waals surface area contributed by atoms with Crippen LogP contribution in [0.4, 0.5) is 0 Å². The first-order valence-electron chi connectivity index (χ1n) is 6.56. The first kappa shape index (κ1) is 16.0. The summed E-state index contributed by atoms with van der Waals surface area (Å²) in [6, 6.07) is 0. The lowest BCUT2D eigenvalue weighted by Gasteiger charge is -2.09. The van der Waals surface area contributed by atoms with Gasteiger partial charge in [-0.1, -0.05) is 32.4 Å². The second-order valence-corrected chi connectivity index (χ2v) is 5.23. The smallest absolute Gasteiger partial charge is 0.329 e. The molecule has 108 valence electrons. The lowest BCUT2D eigenvalue weighted by atomic mass is 10.2. The molecule has 0 amide bonds. The van der Waals surface area contributed by atoms with Crippen LogP contribution in [0.15, 0.2) is 9.59 Å². The van der Waals surface area contributed by atoms with Crippen LogP contribution in [0, 0.1) is 5.92 Å². The van der Waals surface area contributed by atoms with Crippen molar-refractivity contribution in [3.05, 3.63) is 31.6 Å². The number of nitrogens with one attached hydrogen (secondary N) is 1. The van der Waals surface area contributed by atoms with E-state index in [4.69, 9.17) is 16.3 Å². The van der Waals surface area contributed by atoms with Crippen LogP contribution >= 0.6 is 11.6 Å². The summed E-state index contributed by atoms with van der Waals surface area (Å²) in [5.41, 5.74) is -0.319. The first-order chi connectivity index (χ1) is 8.97. The Balaban J connectivity index is 2.69. The SMILES string of the molecule is CCc1c(Cl)[nH]c(=O)n(CCCOCC(C)C)c1=O. The maximum atomic E-state index is 12.0. The van der Waals surface area contributed by atoms with Crippen LogP contribution in [-0.2, 0) is 17.7 Å². The fourth-order valence-electron chi connectivity index (χ4n) is 1.74. The van der Waals surface area contributed by atoms with E-state index >= 15 is 0 Å². The molecule has 0 radical (unpaired) electrons. The predicted octanol–water partition coefficient (Wildman–Crippen LogP) is 1.82. The molecule has 6 heteroatoms. The van der Waals surface area contributed by atoms with Gasteiger partial charge in [-0.25, -0.2) is 4.79 Å². The van der Waals surface area contributed by atoms with Gasteiger partial charge < -0.3 is 4.74 Å². The van der Waals surface area contributed by atoms with Crippen molar-refractivity contribution in [2.45, 2.75) is 40.2 Å². The zero-order valence-corrected chi connectivity index (χ0v) is 12.4. The summed E-state index contributed by atoms with van der Waals surface area (Å²) < 4.78 is 6.61. The molecule has 0 saturated heterocycles. The summed E-state index contributed by atoms with van der Waals surface area (Å²) in [7, 11) is 0. The molecule has 0 spiro atoms. The van der Waals surface area contributed by atoms with Crippen LogP contribution in [0.5, 0.6) is 0 Å². The standard InChI is InChI=1S/C13H21ClN2O3/c1-4-10-11(14)15-13(18)16(12(10)17)6-5-7-19-8-9(2)3/h9H,4-8H2,1-3H3,(H,15,18). The molecule has 0 aliphatic carbocycles. The van der Waals surface area contributed by atoms with Crippen molar-refractivity contribution >= 4 is 11.6 Å². The summed E-state index contributed by atoms with van der Waals surface area (Å²) in [4.78, 5) is 26.2. The Morgan fingerprint density at radius 1 is 1.37 bits per heavy atom. The maximum absolute atomic E-state index is 12.0. The molecule has 1 N–H and O–H groups in total. The van der Waals surface area contributed by atoms with Crippen LogP contribution in [-0.4, -0.2) is 22.8 Å². The largest absolute Gasteiger partial charge is 0.381 e. The van der Waals surface area contributed by atoms with Gasteiger partial charge in [0.25, 0.3) is 5.56 Å². The minimum Gasteiger partial charge on any atom is -0.381 e. The second-order valence-electron chi connectivity index (χ2n) is 4.86. The summed E-state index contributed by atoms with van der Waals surface area (Å²) in [5, 5.41) is 0.143. The number of hydrogen-bond donors (Lipinski definition) is 1. The molecule has 0 aromatic carbocycles. The molecule has 19 heavy (non-hydrogen) atoms. The van der Waals surface area contributed by atoms with E-state index in [0.29, 0.717) is 44.1 Å². The van der Waals surface area contributed by atoms with Gasteiger partial charge in [0.15, 0.2) is 0 Å². The topological polar surface area (TPSA) is 64.1 Å². The molecule has 0 atom stereocenters. The summed E-state index contributed by atoms with van der Waals surface area (Å²) >= 11 is 5.83. The minimum atomic E-state index is -0.462. The Labute approximate surface area is 117 Å². The number of ether oxygens (including phenoxy) is 1. The van der Waals surface area contributed by atoms with Gasteiger partial charge >= 0.3 is 5.69 Å². The third-order valence-electron chi connectivity index (χ3n) is 2.71. The number of aromatic amines is 1. The van der Waals surface area contributed by atoms with Crippen molar-refractivity contribution in [2.24, 2.45) is 5.92 Å². The average molecular weight is 289 g/mol. The molecule has 1 aromatic rings. The lowest BCUT2D eigenvalue weighted by molar-refractivity contribution is 0.105. The fourth-order valence-corrected chi connectivity index (χ4v) is 2.03. The van der Waals surface area contributed by atoms with E-state index in [1.54, 1.807) is 0 Å². The molecule has 1 rings (SSSR count).